The third kappa shape index (κ3) is 2.84. The van der Waals surface area contributed by atoms with Crippen molar-refractivity contribution >= 4 is 27.6 Å². The first-order chi connectivity index (χ1) is 7.75. The van der Waals surface area contributed by atoms with Crippen molar-refractivity contribution in [1.82, 2.24) is 4.98 Å². The summed E-state index contributed by atoms with van der Waals surface area (Å²) >= 11 is 0. The fourth-order valence-corrected chi connectivity index (χ4v) is 1.61. The standard InChI is InChI=1S/C9H13N3O4S/c1-11(9(13)14)7-5-4-6-10-8(7)12(2)17(3,15)16/h4-6H,1-3H3,(H,13,14). The molecule has 7 nitrogen and oxygen atoms in total. The monoisotopic (exact) mass is 259 g/mol. The first-order valence-electron chi connectivity index (χ1n) is 4.60. The zero-order valence-corrected chi connectivity index (χ0v) is 10.5. The van der Waals surface area contributed by atoms with Crippen LogP contribution in [0.3, 0.4) is 0 Å². The molecule has 0 spiro atoms. The Bertz CT molecular complexity index is 529. The van der Waals surface area contributed by atoms with Gasteiger partial charge in [0.1, 0.15) is 0 Å². The van der Waals surface area contributed by atoms with Crippen LogP contribution in [0.5, 0.6) is 0 Å². The number of aromatic nitrogens is 1. The zero-order chi connectivity index (χ0) is 13.2. The number of anilines is 2. The normalized spacial score (nSPS) is 11.0. The maximum Gasteiger partial charge on any atom is 0.411 e. The summed E-state index contributed by atoms with van der Waals surface area (Å²) in [5.41, 5.74) is 0.202. The number of pyridine rings is 1. The van der Waals surface area contributed by atoms with Gasteiger partial charge >= 0.3 is 6.09 Å². The van der Waals surface area contributed by atoms with Crippen LogP contribution in [0, 0.1) is 0 Å². The average molecular weight is 259 g/mol. The molecule has 0 atom stereocenters. The van der Waals surface area contributed by atoms with Gasteiger partial charge in [-0.1, -0.05) is 0 Å². The van der Waals surface area contributed by atoms with Gasteiger partial charge in [-0.25, -0.2) is 18.2 Å². The lowest BCUT2D eigenvalue weighted by Crippen LogP contribution is -2.30. The largest absolute Gasteiger partial charge is 0.465 e. The second-order valence-electron chi connectivity index (χ2n) is 3.42. The van der Waals surface area contributed by atoms with Crippen molar-refractivity contribution in [2.24, 2.45) is 0 Å². The number of carbonyl (C=O) groups is 1. The van der Waals surface area contributed by atoms with Crippen LogP contribution in [-0.4, -0.2) is 45.0 Å². The van der Waals surface area contributed by atoms with Crippen LogP contribution >= 0.6 is 0 Å². The summed E-state index contributed by atoms with van der Waals surface area (Å²) in [5.74, 6) is 0.0694. The lowest BCUT2D eigenvalue weighted by Gasteiger charge is -2.22. The van der Waals surface area contributed by atoms with E-state index in [-0.39, 0.29) is 11.5 Å². The fourth-order valence-electron chi connectivity index (χ4n) is 1.15. The summed E-state index contributed by atoms with van der Waals surface area (Å²) in [5, 5.41) is 8.87. The molecular weight excluding hydrogens is 246 g/mol. The molecule has 1 aromatic rings. The lowest BCUT2D eigenvalue weighted by molar-refractivity contribution is 0.203. The van der Waals surface area contributed by atoms with E-state index in [1.807, 2.05) is 0 Å². The van der Waals surface area contributed by atoms with Crippen LogP contribution in [0.1, 0.15) is 0 Å². The summed E-state index contributed by atoms with van der Waals surface area (Å²) in [7, 11) is -0.852. The van der Waals surface area contributed by atoms with E-state index in [0.717, 1.165) is 15.5 Å². The average Bonchev–Trinajstić information content (AvgIpc) is 2.25. The van der Waals surface area contributed by atoms with Gasteiger partial charge in [0.15, 0.2) is 5.82 Å². The minimum atomic E-state index is -3.49. The minimum Gasteiger partial charge on any atom is -0.465 e. The molecule has 0 bridgehead atoms. The molecule has 0 aliphatic heterocycles. The Morgan fingerprint density at radius 1 is 1.41 bits per heavy atom. The molecule has 1 heterocycles. The van der Waals surface area contributed by atoms with Crippen LogP contribution in [0.2, 0.25) is 0 Å². The van der Waals surface area contributed by atoms with Gasteiger partial charge < -0.3 is 5.11 Å². The number of hydrogen-bond donors (Lipinski definition) is 1. The highest BCUT2D eigenvalue weighted by molar-refractivity contribution is 7.92. The smallest absolute Gasteiger partial charge is 0.411 e. The number of hydrogen-bond acceptors (Lipinski definition) is 4. The second kappa shape index (κ2) is 4.58. The molecule has 0 unspecified atom stereocenters. The molecule has 0 fully saturated rings. The van der Waals surface area contributed by atoms with E-state index in [9.17, 15) is 13.2 Å². The van der Waals surface area contributed by atoms with Crippen LogP contribution in [0.15, 0.2) is 18.3 Å². The Morgan fingerprint density at radius 3 is 2.47 bits per heavy atom. The van der Waals surface area contributed by atoms with Crippen molar-refractivity contribution < 1.29 is 18.3 Å². The number of carboxylic acid groups (broad SMARTS) is 1. The molecule has 0 aliphatic carbocycles. The highest BCUT2D eigenvalue weighted by Gasteiger charge is 2.21. The number of sulfonamides is 1. The molecule has 8 heteroatoms. The maximum absolute atomic E-state index is 11.4. The first-order valence-corrected chi connectivity index (χ1v) is 6.45. The van der Waals surface area contributed by atoms with E-state index >= 15 is 0 Å². The van der Waals surface area contributed by atoms with Crippen molar-refractivity contribution in [3.63, 3.8) is 0 Å². The SMILES string of the molecule is CN(C(=O)O)c1cccnc1N(C)S(C)(=O)=O. The summed E-state index contributed by atoms with van der Waals surface area (Å²) in [4.78, 5) is 15.7. The van der Waals surface area contributed by atoms with E-state index < -0.39 is 16.1 Å². The molecule has 1 rings (SSSR count). The lowest BCUT2D eigenvalue weighted by atomic mass is 10.3. The van der Waals surface area contributed by atoms with E-state index in [2.05, 4.69) is 4.98 Å². The number of amides is 1. The van der Waals surface area contributed by atoms with E-state index in [1.54, 1.807) is 0 Å². The molecular formula is C9H13N3O4S. The molecule has 0 aromatic carbocycles. The summed E-state index contributed by atoms with van der Waals surface area (Å²) in [6.45, 7) is 0. The highest BCUT2D eigenvalue weighted by atomic mass is 32.2. The zero-order valence-electron chi connectivity index (χ0n) is 9.65. The molecule has 1 N–H and O–H groups in total. The Morgan fingerprint density at radius 2 is 2.00 bits per heavy atom. The van der Waals surface area contributed by atoms with Crippen LogP contribution in [0.4, 0.5) is 16.3 Å². The fraction of sp³-hybridized carbons (Fsp3) is 0.333. The van der Waals surface area contributed by atoms with Gasteiger partial charge in [-0.2, -0.15) is 0 Å². The second-order valence-corrected chi connectivity index (χ2v) is 5.43. The topological polar surface area (TPSA) is 90.8 Å². The molecule has 94 valence electrons. The highest BCUT2D eigenvalue weighted by Crippen LogP contribution is 2.26. The van der Waals surface area contributed by atoms with Gasteiger partial charge in [0.05, 0.1) is 11.9 Å². The van der Waals surface area contributed by atoms with Gasteiger partial charge in [0.2, 0.25) is 10.0 Å². The minimum absolute atomic E-state index is 0.0694. The van der Waals surface area contributed by atoms with Crippen molar-refractivity contribution in [3.05, 3.63) is 18.3 Å². The molecule has 1 amide bonds. The van der Waals surface area contributed by atoms with Crippen LogP contribution in [0.25, 0.3) is 0 Å². The summed E-state index contributed by atoms with van der Waals surface area (Å²) in [6, 6.07) is 3.02. The quantitative estimate of drug-likeness (QED) is 0.858. The number of nitrogens with zero attached hydrogens (tertiary/aromatic N) is 3. The van der Waals surface area contributed by atoms with Gasteiger partial charge in [-0.15, -0.1) is 0 Å². The van der Waals surface area contributed by atoms with Gasteiger partial charge in [-0.05, 0) is 12.1 Å². The van der Waals surface area contributed by atoms with Crippen molar-refractivity contribution in [3.8, 4) is 0 Å². The molecule has 17 heavy (non-hydrogen) atoms. The van der Waals surface area contributed by atoms with Crippen LogP contribution in [-0.2, 0) is 10.0 Å². The van der Waals surface area contributed by atoms with Gasteiger partial charge in [0, 0.05) is 20.3 Å². The Kier molecular flexibility index (Phi) is 3.56. The number of rotatable bonds is 3. The summed E-state index contributed by atoms with van der Waals surface area (Å²) in [6.07, 6.45) is 1.23. The third-order valence-corrected chi connectivity index (χ3v) is 3.38. The summed E-state index contributed by atoms with van der Waals surface area (Å²) < 4.78 is 23.7. The third-order valence-electron chi connectivity index (χ3n) is 2.21. The van der Waals surface area contributed by atoms with E-state index in [4.69, 9.17) is 5.11 Å². The Balaban J connectivity index is 3.31. The van der Waals surface area contributed by atoms with Gasteiger partial charge in [0.25, 0.3) is 0 Å². The molecule has 1 aromatic heterocycles. The molecule has 0 saturated carbocycles. The van der Waals surface area contributed by atoms with Crippen molar-refractivity contribution in [2.75, 3.05) is 29.6 Å². The maximum atomic E-state index is 11.4. The van der Waals surface area contributed by atoms with Gasteiger partial charge in [-0.3, -0.25) is 9.21 Å². The van der Waals surface area contributed by atoms with E-state index in [0.29, 0.717) is 0 Å². The predicted molar refractivity (Wildman–Crippen MR) is 63.9 cm³/mol. The Hall–Kier alpha value is -1.83. The molecule has 0 aliphatic rings. The van der Waals surface area contributed by atoms with Crippen molar-refractivity contribution in [1.29, 1.82) is 0 Å². The first kappa shape index (κ1) is 13.2. The molecule has 0 radical (unpaired) electrons. The Labute approximate surface area is 99.3 Å². The predicted octanol–water partition coefficient (Wildman–Crippen LogP) is 0.592. The van der Waals surface area contributed by atoms with E-state index in [1.165, 1.54) is 32.4 Å². The van der Waals surface area contributed by atoms with Crippen LogP contribution < -0.4 is 9.21 Å². The molecule has 0 saturated heterocycles. The van der Waals surface area contributed by atoms with Crippen molar-refractivity contribution in [2.45, 2.75) is 0 Å².